The van der Waals surface area contributed by atoms with E-state index in [1.807, 2.05) is 25.2 Å². The van der Waals surface area contributed by atoms with Crippen molar-refractivity contribution in [2.24, 2.45) is 10.4 Å². The van der Waals surface area contributed by atoms with Crippen molar-refractivity contribution in [2.75, 3.05) is 33.8 Å². The van der Waals surface area contributed by atoms with Crippen LogP contribution in [0.4, 0.5) is 0 Å². The van der Waals surface area contributed by atoms with E-state index in [4.69, 9.17) is 16.3 Å². The minimum Gasteiger partial charge on any atom is -0.497 e. The first-order valence-electron chi connectivity index (χ1n) is 7.73. The summed E-state index contributed by atoms with van der Waals surface area (Å²) in [6.45, 7) is 7.54. The molecule has 1 aliphatic rings. The van der Waals surface area contributed by atoms with Gasteiger partial charge < -0.3 is 15.0 Å². The van der Waals surface area contributed by atoms with E-state index in [0.717, 1.165) is 48.4 Å². The summed E-state index contributed by atoms with van der Waals surface area (Å²) in [5, 5.41) is 4.19. The van der Waals surface area contributed by atoms with Gasteiger partial charge in [-0.2, -0.15) is 0 Å². The van der Waals surface area contributed by atoms with E-state index in [-0.39, 0.29) is 0 Å². The van der Waals surface area contributed by atoms with E-state index >= 15 is 0 Å². The van der Waals surface area contributed by atoms with Crippen molar-refractivity contribution < 1.29 is 4.74 Å². The molecule has 22 heavy (non-hydrogen) atoms. The largest absolute Gasteiger partial charge is 0.497 e. The van der Waals surface area contributed by atoms with Gasteiger partial charge in [-0.25, -0.2) is 0 Å². The van der Waals surface area contributed by atoms with E-state index in [1.54, 1.807) is 7.11 Å². The number of aliphatic imine (C=N–C) groups is 1. The van der Waals surface area contributed by atoms with Crippen molar-refractivity contribution in [3.05, 3.63) is 28.8 Å². The number of likely N-dealkylation sites (tertiary alicyclic amines) is 1. The molecule has 0 radical (unpaired) electrons. The van der Waals surface area contributed by atoms with Gasteiger partial charge in [-0.05, 0) is 36.0 Å². The Bertz CT molecular complexity index is 543. The molecule has 1 N–H and O–H groups in total. The first kappa shape index (κ1) is 16.9. The van der Waals surface area contributed by atoms with Gasteiger partial charge in [0.15, 0.2) is 5.96 Å². The van der Waals surface area contributed by atoms with E-state index in [2.05, 4.69) is 29.1 Å². The first-order valence-corrected chi connectivity index (χ1v) is 8.11. The third-order valence-electron chi connectivity index (χ3n) is 4.13. The van der Waals surface area contributed by atoms with Gasteiger partial charge in [0.2, 0.25) is 0 Å². The SMILES string of the molecule is CN=C(NCCc1ccc(OC)cc1Cl)N1CCC(C)(C)C1. The summed E-state index contributed by atoms with van der Waals surface area (Å²) < 4.78 is 5.17. The minimum absolute atomic E-state index is 0.372. The van der Waals surface area contributed by atoms with Crippen LogP contribution in [-0.2, 0) is 6.42 Å². The van der Waals surface area contributed by atoms with Crippen LogP contribution in [0, 0.1) is 5.41 Å². The Kier molecular flexibility index (Phi) is 5.57. The lowest BCUT2D eigenvalue weighted by molar-refractivity contribution is 0.370. The quantitative estimate of drug-likeness (QED) is 0.683. The van der Waals surface area contributed by atoms with Crippen LogP contribution in [0.25, 0.3) is 0 Å². The summed E-state index contributed by atoms with van der Waals surface area (Å²) in [5.41, 5.74) is 1.49. The predicted octanol–water partition coefficient (Wildman–Crippen LogP) is 3.20. The van der Waals surface area contributed by atoms with E-state index in [0.29, 0.717) is 5.41 Å². The molecule has 0 atom stereocenters. The summed E-state index contributed by atoms with van der Waals surface area (Å²) >= 11 is 6.27. The van der Waals surface area contributed by atoms with Crippen molar-refractivity contribution in [3.63, 3.8) is 0 Å². The van der Waals surface area contributed by atoms with Crippen LogP contribution in [0.3, 0.4) is 0 Å². The molecule has 1 aromatic rings. The second-order valence-electron chi connectivity index (χ2n) is 6.52. The zero-order valence-electron chi connectivity index (χ0n) is 13.9. The lowest BCUT2D eigenvalue weighted by Gasteiger charge is -2.23. The molecular formula is C17H26ClN3O. The summed E-state index contributed by atoms with van der Waals surface area (Å²) in [6, 6.07) is 5.82. The van der Waals surface area contributed by atoms with Gasteiger partial charge in [0.1, 0.15) is 5.75 Å². The number of nitrogens with one attached hydrogen (secondary N) is 1. The highest BCUT2D eigenvalue weighted by Gasteiger charge is 2.30. The van der Waals surface area contributed by atoms with E-state index in [1.165, 1.54) is 6.42 Å². The molecule has 0 aliphatic carbocycles. The molecule has 1 aromatic carbocycles. The lowest BCUT2D eigenvalue weighted by atomic mass is 9.93. The number of rotatable bonds is 4. The monoisotopic (exact) mass is 323 g/mol. The molecule has 0 amide bonds. The molecule has 1 aliphatic heterocycles. The van der Waals surface area contributed by atoms with Crippen molar-refractivity contribution >= 4 is 17.6 Å². The number of benzene rings is 1. The Morgan fingerprint density at radius 2 is 2.23 bits per heavy atom. The third-order valence-corrected chi connectivity index (χ3v) is 4.48. The maximum Gasteiger partial charge on any atom is 0.193 e. The van der Waals surface area contributed by atoms with Crippen molar-refractivity contribution in [1.82, 2.24) is 10.2 Å². The molecule has 1 saturated heterocycles. The van der Waals surface area contributed by atoms with Gasteiger partial charge in [-0.15, -0.1) is 0 Å². The maximum absolute atomic E-state index is 6.27. The summed E-state index contributed by atoms with van der Waals surface area (Å²) in [5.74, 6) is 1.77. The Morgan fingerprint density at radius 3 is 2.77 bits per heavy atom. The molecule has 2 rings (SSSR count). The fourth-order valence-corrected chi connectivity index (χ4v) is 3.06. The van der Waals surface area contributed by atoms with Crippen LogP contribution < -0.4 is 10.1 Å². The van der Waals surface area contributed by atoms with Gasteiger partial charge in [0, 0.05) is 31.7 Å². The van der Waals surface area contributed by atoms with Crippen LogP contribution in [0.1, 0.15) is 25.8 Å². The molecule has 1 fully saturated rings. The van der Waals surface area contributed by atoms with Crippen molar-refractivity contribution in [2.45, 2.75) is 26.7 Å². The predicted molar refractivity (Wildman–Crippen MR) is 93.0 cm³/mol. The summed E-state index contributed by atoms with van der Waals surface area (Å²) in [4.78, 5) is 6.72. The molecular weight excluding hydrogens is 298 g/mol. The molecule has 1 heterocycles. The number of guanidine groups is 1. The molecule has 5 heteroatoms. The number of methoxy groups -OCH3 is 1. The zero-order valence-corrected chi connectivity index (χ0v) is 14.7. The summed E-state index contributed by atoms with van der Waals surface area (Å²) in [6.07, 6.45) is 2.07. The highest BCUT2D eigenvalue weighted by Crippen LogP contribution is 2.28. The molecule has 0 aromatic heterocycles. The fraction of sp³-hybridized carbons (Fsp3) is 0.588. The van der Waals surface area contributed by atoms with E-state index in [9.17, 15) is 0 Å². The number of hydrogen-bond donors (Lipinski definition) is 1. The van der Waals surface area contributed by atoms with E-state index < -0.39 is 0 Å². The Hall–Kier alpha value is -1.42. The van der Waals surface area contributed by atoms with Crippen LogP contribution in [0.15, 0.2) is 23.2 Å². The topological polar surface area (TPSA) is 36.9 Å². The maximum atomic E-state index is 6.27. The number of nitrogens with zero attached hydrogens (tertiary/aromatic N) is 2. The molecule has 0 saturated carbocycles. The lowest BCUT2D eigenvalue weighted by Crippen LogP contribution is -2.41. The molecule has 0 unspecified atom stereocenters. The highest BCUT2D eigenvalue weighted by atomic mass is 35.5. The second kappa shape index (κ2) is 7.23. The van der Waals surface area contributed by atoms with Gasteiger partial charge in [-0.3, -0.25) is 4.99 Å². The average molecular weight is 324 g/mol. The molecule has 122 valence electrons. The molecule has 4 nitrogen and oxygen atoms in total. The van der Waals surface area contributed by atoms with Crippen molar-refractivity contribution in [3.8, 4) is 5.75 Å². The average Bonchev–Trinajstić information content (AvgIpc) is 2.85. The molecule has 0 bridgehead atoms. The number of halogens is 1. The first-order chi connectivity index (χ1) is 10.4. The Balaban J connectivity index is 1.87. The van der Waals surface area contributed by atoms with Crippen LogP contribution in [0.2, 0.25) is 5.02 Å². The van der Waals surface area contributed by atoms with Crippen LogP contribution in [-0.4, -0.2) is 44.7 Å². The highest BCUT2D eigenvalue weighted by molar-refractivity contribution is 6.31. The zero-order chi connectivity index (χ0) is 16.2. The van der Waals surface area contributed by atoms with Crippen LogP contribution in [0.5, 0.6) is 5.75 Å². The van der Waals surface area contributed by atoms with Crippen LogP contribution >= 0.6 is 11.6 Å². The smallest absolute Gasteiger partial charge is 0.193 e. The molecule has 0 spiro atoms. The third kappa shape index (κ3) is 4.29. The normalized spacial score (nSPS) is 17.7. The number of hydrogen-bond acceptors (Lipinski definition) is 2. The Labute approximate surface area is 138 Å². The van der Waals surface area contributed by atoms with Gasteiger partial charge in [0.05, 0.1) is 7.11 Å². The Morgan fingerprint density at radius 1 is 1.45 bits per heavy atom. The van der Waals surface area contributed by atoms with Gasteiger partial charge in [0.25, 0.3) is 0 Å². The number of ether oxygens (including phenoxy) is 1. The van der Waals surface area contributed by atoms with Gasteiger partial charge >= 0.3 is 0 Å². The standard InChI is InChI=1S/C17H26ClN3O/c1-17(2)8-10-21(12-17)16(19-3)20-9-7-13-5-6-14(22-4)11-15(13)18/h5-6,11H,7-10,12H2,1-4H3,(H,19,20). The fourth-order valence-electron chi connectivity index (χ4n) is 2.79. The second-order valence-corrected chi connectivity index (χ2v) is 6.92. The van der Waals surface area contributed by atoms with Crippen molar-refractivity contribution in [1.29, 1.82) is 0 Å². The van der Waals surface area contributed by atoms with Gasteiger partial charge in [-0.1, -0.05) is 31.5 Å². The minimum atomic E-state index is 0.372. The summed E-state index contributed by atoms with van der Waals surface area (Å²) in [7, 11) is 3.49.